The van der Waals surface area contributed by atoms with E-state index in [1.807, 2.05) is 0 Å². The van der Waals surface area contributed by atoms with Gasteiger partial charge in [0.1, 0.15) is 0 Å². The van der Waals surface area contributed by atoms with Crippen molar-refractivity contribution in [3.8, 4) is 0 Å². The summed E-state index contributed by atoms with van der Waals surface area (Å²) in [6.07, 6.45) is 7.61. The molecule has 2 aliphatic carbocycles. The minimum atomic E-state index is -0.658. The summed E-state index contributed by atoms with van der Waals surface area (Å²) in [7, 11) is 0. The second-order valence-corrected chi connectivity index (χ2v) is 5.77. The second kappa shape index (κ2) is 5.36. The molecule has 0 saturated heterocycles. The lowest BCUT2D eigenvalue weighted by atomic mass is 9.85. The molecule has 4 heteroatoms. The summed E-state index contributed by atoms with van der Waals surface area (Å²) in [4.78, 5) is 11.9. The zero-order valence-electron chi connectivity index (χ0n) is 10.5. The van der Waals surface area contributed by atoms with Crippen LogP contribution >= 0.6 is 0 Å². The first-order chi connectivity index (χ1) is 8.09. The number of amides is 1. The maximum absolute atomic E-state index is 11.9. The molecule has 0 aromatic carbocycles. The molecule has 0 heterocycles. The molecule has 0 aromatic heterocycles. The van der Waals surface area contributed by atoms with Crippen molar-refractivity contribution < 1.29 is 9.90 Å². The van der Waals surface area contributed by atoms with E-state index in [2.05, 4.69) is 5.32 Å². The van der Waals surface area contributed by atoms with Crippen LogP contribution in [0.1, 0.15) is 51.4 Å². The van der Waals surface area contributed by atoms with E-state index in [0.717, 1.165) is 44.9 Å². The fourth-order valence-corrected chi connectivity index (χ4v) is 3.04. The summed E-state index contributed by atoms with van der Waals surface area (Å²) in [6, 6.07) is 0.184. The van der Waals surface area contributed by atoms with Gasteiger partial charge in [0.05, 0.1) is 5.60 Å². The first kappa shape index (κ1) is 12.8. The van der Waals surface area contributed by atoms with E-state index in [1.165, 1.54) is 6.42 Å². The highest BCUT2D eigenvalue weighted by Gasteiger charge is 2.32. The summed E-state index contributed by atoms with van der Waals surface area (Å²) in [5.74, 6) is 0.147. The third-order valence-corrected chi connectivity index (χ3v) is 4.22. The number of aliphatic hydroxyl groups is 1. The van der Waals surface area contributed by atoms with E-state index in [-0.39, 0.29) is 17.9 Å². The number of rotatable bonds is 3. The summed E-state index contributed by atoms with van der Waals surface area (Å²) in [5.41, 5.74) is 5.14. The van der Waals surface area contributed by atoms with Crippen molar-refractivity contribution in [1.29, 1.82) is 0 Å². The molecular formula is C13H24N2O2. The fraction of sp³-hybridized carbons (Fsp3) is 0.923. The van der Waals surface area contributed by atoms with Crippen LogP contribution in [0.4, 0.5) is 0 Å². The summed E-state index contributed by atoms with van der Waals surface area (Å²) < 4.78 is 0. The number of carbonyl (C=O) groups excluding carboxylic acids is 1. The molecule has 1 amide bonds. The third-order valence-electron chi connectivity index (χ3n) is 4.22. The molecular weight excluding hydrogens is 216 g/mol. The Morgan fingerprint density at radius 3 is 2.59 bits per heavy atom. The number of hydrogen-bond donors (Lipinski definition) is 3. The Balaban J connectivity index is 1.75. The molecule has 0 radical (unpaired) electrons. The minimum absolute atomic E-state index is 0.0668. The van der Waals surface area contributed by atoms with Gasteiger partial charge in [-0.25, -0.2) is 0 Å². The smallest absolute Gasteiger partial charge is 0.223 e. The SMILES string of the molecule is NC1CCC(C(=O)NCC2(O)CCCCC2)C1. The van der Waals surface area contributed by atoms with Crippen molar-refractivity contribution in [2.24, 2.45) is 11.7 Å². The standard InChI is InChI=1S/C13H24N2O2/c14-11-5-4-10(8-11)12(16)15-9-13(17)6-2-1-3-7-13/h10-11,17H,1-9,14H2,(H,15,16). The van der Waals surface area contributed by atoms with E-state index in [0.29, 0.717) is 6.54 Å². The first-order valence-electron chi connectivity index (χ1n) is 6.85. The third kappa shape index (κ3) is 3.42. The zero-order valence-corrected chi connectivity index (χ0v) is 10.5. The van der Waals surface area contributed by atoms with Crippen molar-refractivity contribution in [3.63, 3.8) is 0 Å². The van der Waals surface area contributed by atoms with Crippen LogP contribution in [-0.4, -0.2) is 29.2 Å². The normalized spacial score (nSPS) is 32.4. The van der Waals surface area contributed by atoms with Crippen LogP contribution in [0.3, 0.4) is 0 Å². The Morgan fingerprint density at radius 1 is 1.29 bits per heavy atom. The molecule has 2 rings (SSSR count). The van der Waals surface area contributed by atoms with Crippen molar-refractivity contribution in [3.05, 3.63) is 0 Å². The van der Waals surface area contributed by atoms with Gasteiger partial charge in [-0.1, -0.05) is 19.3 Å². The molecule has 2 atom stereocenters. The molecule has 0 aliphatic heterocycles. The molecule has 0 aromatic rings. The van der Waals surface area contributed by atoms with Gasteiger partial charge in [0.15, 0.2) is 0 Å². The van der Waals surface area contributed by atoms with Crippen molar-refractivity contribution >= 4 is 5.91 Å². The van der Waals surface area contributed by atoms with Crippen molar-refractivity contribution in [1.82, 2.24) is 5.32 Å². The lowest BCUT2D eigenvalue weighted by Gasteiger charge is -2.32. The van der Waals surface area contributed by atoms with Gasteiger partial charge in [-0.15, -0.1) is 0 Å². The number of nitrogens with one attached hydrogen (secondary N) is 1. The molecule has 2 fully saturated rings. The largest absolute Gasteiger partial charge is 0.388 e. The van der Waals surface area contributed by atoms with Gasteiger partial charge in [-0.3, -0.25) is 4.79 Å². The molecule has 0 spiro atoms. The van der Waals surface area contributed by atoms with Gasteiger partial charge in [0.25, 0.3) is 0 Å². The summed E-state index contributed by atoms with van der Waals surface area (Å²) >= 11 is 0. The molecule has 4 N–H and O–H groups in total. The molecule has 2 unspecified atom stereocenters. The van der Waals surface area contributed by atoms with E-state index >= 15 is 0 Å². The Bertz CT molecular complexity index is 275. The molecule has 2 saturated carbocycles. The Kier molecular flexibility index (Phi) is 4.05. The maximum Gasteiger partial charge on any atom is 0.223 e. The van der Waals surface area contributed by atoms with Crippen LogP contribution in [0, 0.1) is 5.92 Å². The van der Waals surface area contributed by atoms with Gasteiger partial charge in [-0.05, 0) is 32.1 Å². The van der Waals surface area contributed by atoms with Gasteiger partial charge >= 0.3 is 0 Å². The van der Waals surface area contributed by atoms with E-state index in [1.54, 1.807) is 0 Å². The Morgan fingerprint density at radius 2 is 2.00 bits per heavy atom. The highest BCUT2D eigenvalue weighted by Crippen LogP contribution is 2.28. The molecule has 98 valence electrons. The molecule has 0 bridgehead atoms. The number of carbonyl (C=O) groups is 1. The second-order valence-electron chi connectivity index (χ2n) is 5.77. The quantitative estimate of drug-likeness (QED) is 0.687. The zero-order chi connectivity index (χ0) is 12.3. The highest BCUT2D eigenvalue weighted by molar-refractivity contribution is 5.79. The van der Waals surface area contributed by atoms with E-state index in [9.17, 15) is 9.90 Å². The van der Waals surface area contributed by atoms with Gasteiger partial charge < -0.3 is 16.2 Å². The predicted octanol–water partition coefficient (Wildman–Crippen LogP) is 0.925. The fourth-order valence-electron chi connectivity index (χ4n) is 3.04. The van der Waals surface area contributed by atoms with Crippen LogP contribution < -0.4 is 11.1 Å². The Labute approximate surface area is 103 Å². The Hall–Kier alpha value is -0.610. The van der Waals surface area contributed by atoms with Crippen LogP contribution in [0.5, 0.6) is 0 Å². The maximum atomic E-state index is 11.9. The summed E-state index contributed by atoms with van der Waals surface area (Å²) in [5, 5.41) is 13.2. The van der Waals surface area contributed by atoms with Crippen molar-refractivity contribution in [2.75, 3.05) is 6.54 Å². The highest BCUT2D eigenvalue weighted by atomic mass is 16.3. The molecule has 2 aliphatic rings. The van der Waals surface area contributed by atoms with Crippen LogP contribution in [0.25, 0.3) is 0 Å². The van der Waals surface area contributed by atoms with E-state index in [4.69, 9.17) is 5.73 Å². The molecule has 17 heavy (non-hydrogen) atoms. The lowest BCUT2D eigenvalue weighted by Crippen LogP contribution is -2.45. The predicted molar refractivity (Wildman–Crippen MR) is 66.4 cm³/mol. The first-order valence-corrected chi connectivity index (χ1v) is 6.85. The minimum Gasteiger partial charge on any atom is -0.388 e. The van der Waals surface area contributed by atoms with Gasteiger partial charge in [0, 0.05) is 18.5 Å². The molecule has 4 nitrogen and oxygen atoms in total. The van der Waals surface area contributed by atoms with Crippen LogP contribution in [0.2, 0.25) is 0 Å². The number of hydrogen-bond acceptors (Lipinski definition) is 3. The topological polar surface area (TPSA) is 75.4 Å². The number of nitrogens with two attached hydrogens (primary N) is 1. The summed E-state index contributed by atoms with van der Waals surface area (Å²) in [6.45, 7) is 0.414. The van der Waals surface area contributed by atoms with E-state index < -0.39 is 5.60 Å². The van der Waals surface area contributed by atoms with Crippen LogP contribution in [0.15, 0.2) is 0 Å². The lowest BCUT2D eigenvalue weighted by molar-refractivity contribution is -0.126. The van der Waals surface area contributed by atoms with Crippen molar-refractivity contribution in [2.45, 2.75) is 63.0 Å². The van der Waals surface area contributed by atoms with Gasteiger partial charge in [-0.2, -0.15) is 0 Å². The average Bonchev–Trinajstić information content (AvgIpc) is 2.74. The monoisotopic (exact) mass is 240 g/mol. The van der Waals surface area contributed by atoms with Crippen LogP contribution in [-0.2, 0) is 4.79 Å². The average molecular weight is 240 g/mol. The van der Waals surface area contributed by atoms with Gasteiger partial charge in [0.2, 0.25) is 5.91 Å².